The predicted octanol–water partition coefficient (Wildman–Crippen LogP) is 7.42. The summed E-state index contributed by atoms with van der Waals surface area (Å²) >= 11 is 38.3. The van der Waals surface area contributed by atoms with Crippen LogP contribution in [0, 0.1) is 0 Å². The Morgan fingerprint density at radius 1 is 0.697 bits per heavy atom. The van der Waals surface area contributed by atoms with Crippen LogP contribution in [0.25, 0.3) is 0 Å². The fourth-order valence-corrected chi connectivity index (χ4v) is 6.43. The van der Waals surface area contributed by atoms with Gasteiger partial charge in [-0.25, -0.2) is 0 Å². The molecule has 168 valence electrons. The third-order valence-corrected chi connectivity index (χ3v) is 8.62. The van der Waals surface area contributed by atoms with Crippen molar-refractivity contribution in [2.75, 3.05) is 4.90 Å². The lowest BCUT2D eigenvalue weighted by atomic mass is 9.90. The first-order valence-corrected chi connectivity index (χ1v) is 12.3. The molecule has 0 spiro atoms. The first-order valence-electron chi connectivity index (χ1n) is 9.19. The Labute approximate surface area is 221 Å². The van der Waals surface area contributed by atoms with Gasteiger partial charge < -0.3 is 0 Å². The molecule has 1 saturated heterocycles. The molecule has 1 fully saturated rings. The number of benzene rings is 2. The molecule has 0 radical (unpaired) electrons. The maximum atomic E-state index is 13.4. The predicted molar refractivity (Wildman–Crippen MR) is 132 cm³/mol. The van der Waals surface area contributed by atoms with E-state index in [1.54, 1.807) is 24.3 Å². The van der Waals surface area contributed by atoms with E-state index in [0.717, 1.165) is 9.78 Å². The molecule has 3 amide bonds. The number of hydrogen-bond donors (Lipinski definition) is 0. The summed E-state index contributed by atoms with van der Waals surface area (Å²) in [6, 6.07) is 6.50. The van der Waals surface area contributed by atoms with Crippen molar-refractivity contribution in [2.24, 2.45) is 0 Å². The van der Waals surface area contributed by atoms with E-state index in [-0.39, 0.29) is 31.2 Å². The number of carbonyl (C=O) groups is 3. The van der Waals surface area contributed by atoms with Gasteiger partial charge in [-0.3, -0.25) is 24.2 Å². The molecule has 3 heterocycles. The maximum Gasteiger partial charge on any atom is 0.264 e. The third kappa shape index (κ3) is 3.39. The van der Waals surface area contributed by atoms with E-state index in [0.29, 0.717) is 15.7 Å². The highest BCUT2D eigenvalue weighted by Crippen LogP contribution is 2.50. The molecule has 2 aliphatic rings. The minimum absolute atomic E-state index is 0.143. The molecule has 0 N–H and O–H groups in total. The Balaban J connectivity index is 1.63. The molecule has 33 heavy (non-hydrogen) atoms. The maximum absolute atomic E-state index is 13.4. The number of amides is 3. The minimum atomic E-state index is -1.14. The summed E-state index contributed by atoms with van der Waals surface area (Å²) in [4.78, 5) is 43.1. The number of fused-ring (bicyclic) bond motifs is 1. The number of carbonyl (C=O) groups excluding carboxylic acids is 3. The van der Waals surface area contributed by atoms with Crippen molar-refractivity contribution >= 4 is 104 Å². The van der Waals surface area contributed by atoms with Crippen LogP contribution in [-0.4, -0.2) is 28.7 Å². The lowest BCUT2D eigenvalue weighted by molar-refractivity contribution is -0.130. The minimum Gasteiger partial charge on any atom is -0.299 e. The van der Waals surface area contributed by atoms with E-state index in [1.807, 2.05) is 5.38 Å². The van der Waals surface area contributed by atoms with Crippen molar-refractivity contribution < 1.29 is 14.4 Å². The van der Waals surface area contributed by atoms with Crippen molar-refractivity contribution in [1.82, 2.24) is 4.90 Å². The highest BCUT2D eigenvalue weighted by Gasteiger charge is 2.58. The van der Waals surface area contributed by atoms with E-state index in [4.69, 9.17) is 69.6 Å². The average Bonchev–Trinajstić information content (AvgIpc) is 3.36. The number of β-lactam (4-membered cyclic amide) rings is 1. The second kappa shape index (κ2) is 8.31. The molecule has 5 nitrogen and oxygen atoms in total. The number of anilines is 1. The van der Waals surface area contributed by atoms with Crippen LogP contribution in [0.5, 0.6) is 0 Å². The van der Waals surface area contributed by atoms with Gasteiger partial charge in [0.2, 0.25) is 0 Å². The average molecular weight is 581 g/mol. The van der Waals surface area contributed by atoms with Crippen LogP contribution in [-0.2, 0) is 4.79 Å². The first kappa shape index (κ1) is 23.2. The summed E-state index contributed by atoms with van der Waals surface area (Å²) in [7, 11) is 0. The lowest BCUT2D eigenvalue weighted by Crippen LogP contribution is -2.67. The standard InChI is InChI=1S/C21H8Cl6N2O3S/c22-7-4-8(23)6-9(5-7)28-17(10-2-1-3-33-10)18(21(28)32)29-19(30)11-12(20(29)31)14(25)16(27)15(26)13(11)24/h1-6,17-18H/t17-,18+/m0/s1. The van der Waals surface area contributed by atoms with E-state index < -0.39 is 29.8 Å². The molecule has 12 heteroatoms. The van der Waals surface area contributed by atoms with Crippen molar-refractivity contribution in [2.45, 2.75) is 12.1 Å². The van der Waals surface area contributed by atoms with Crippen molar-refractivity contribution in [1.29, 1.82) is 0 Å². The highest BCUT2D eigenvalue weighted by atomic mass is 35.5. The van der Waals surface area contributed by atoms with Crippen LogP contribution in [0.4, 0.5) is 5.69 Å². The Bertz CT molecular complexity index is 1310. The van der Waals surface area contributed by atoms with Gasteiger partial charge in [0.15, 0.2) is 0 Å². The Kier molecular flexibility index (Phi) is 5.85. The molecule has 2 aliphatic heterocycles. The van der Waals surface area contributed by atoms with Gasteiger partial charge in [0, 0.05) is 20.6 Å². The number of thiophene rings is 1. The topological polar surface area (TPSA) is 57.7 Å². The Morgan fingerprint density at radius 2 is 1.24 bits per heavy atom. The molecular weight excluding hydrogens is 573 g/mol. The summed E-state index contributed by atoms with van der Waals surface area (Å²) in [5, 5.41) is 1.82. The molecule has 0 aliphatic carbocycles. The molecule has 0 bridgehead atoms. The quantitative estimate of drug-likeness (QED) is 0.140. The molecule has 2 atom stereocenters. The smallest absolute Gasteiger partial charge is 0.264 e. The lowest BCUT2D eigenvalue weighted by Gasteiger charge is -2.49. The van der Waals surface area contributed by atoms with Crippen LogP contribution in [0.2, 0.25) is 30.1 Å². The molecule has 2 aromatic carbocycles. The van der Waals surface area contributed by atoms with Crippen LogP contribution in [0.15, 0.2) is 35.7 Å². The zero-order valence-electron chi connectivity index (χ0n) is 15.9. The van der Waals surface area contributed by atoms with Gasteiger partial charge in [0.05, 0.1) is 31.2 Å². The van der Waals surface area contributed by atoms with Crippen molar-refractivity contribution in [3.8, 4) is 0 Å². The van der Waals surface area contributed by atoms with Crippen molar-refractivity contribution in [3.63, 3.8) is 0 Å². The van der Waals surface area contributed by atoms with Gasteiger partial charge in [-0.15, -0.1) is 11.3 Å². The van der Waals surface area contributed by atoms with Crippen LogP contribution in [0.3, 0.4) is 0 Å². The normalized spacial score (nSPS) is 19.9. The largest absolute Gasteiger partial charge is 0.299 e. The molecular formula is C21H8Cl6N2O3S. The van der Waals surface area contributed by atoms with E-state index in [1.165, 1.54) is 22.3 Å². The number of rotatable bonds is 3. The fraction of sp³-hybridized carbons (Fsp3) is 0.0952. The second-order valence-electron chi connectivity index (χ2n) is 7.23. The van der Waals surface area contributed by atoms with Gasteiger partial charge in [0.25, 0.3) is 17.7 Å². The van der Waals surface area contributed by atoms with Crippen LogP contribution in [0.1, 0.15) is 31.6 Å². The molecule has 0 unspecified atom stereocenters. The molecule has 0 saturated carbocycles. The number of nitrogens with zero attached hydrogens (tertiary/aromatic N) is 2. The molecule has 3 aromatic rings. The van der Waals surface area contributed by atoms with Crippen molar-refractivity contribution in [3.05, 3.63) is 81.9 Å². The van der Waals surface area contributed by atoms with Crippen LogP contribution < -0.4 is 4.90 Å². The summed E-state index contributed by atoms with van der Waals surface area (Å²) < 4.78 is 0. The van der Waals surface area contributed by atoms with Gasteiger partial charge >= 0.3 is 0 Å². The number of hydrogen-bond acceptors (Lipinski definition) is 4. The fourth-order valence-electron chi connectivity index (χ4n) is 4.05. The van der Waals surface area contributed by atoms with E-state index >= 15 is 0 Å². The number of halogens is 6. The third-order valence-electron chi connectivity index (χ3n) is 5.44. The highest BCUT2D eigenvalue weighted by molar-refractivity contribution is 7.10. The zero-order chi connectivity index (χ0) is 23.8. The molecule has 5 rings (SSSR count). The summed E-state index contributed by atoms with van der Waals surface area (Å²) in [6.45, 7) is 0. The zero-order valence-corrected chi connectivity index (χ0v) is 21.3. The second-order valence-corrected chi connectivity index (χ2v) is 10.6. The van der Waals surface area contributed by atoms with E-state index in [9.17, 15) is 14.4 Å². The Morgan fingerprint density at radius 3 is 1.73 bits per heavy atom. The summed E-state index contributed by atoms with van der Waals surface area (Å²) in [5.41, 5.74) is 0.0806. The van der Waals surface area contributed by atoms with Gasteiger partial charge in [-0.1, -0.05) is 75.7 Å². The van der Waals surface area contributed by atoms with E-state index in [2.05, 4.69) is 0 Å². The summed E-state index contributed by atoms with van der Waals surface area (Å²) in [5.74, 6) is -2.04. The van der Waals surface area contributed by atoms with Gasteiger partial charge in [-0.05, 0) is 29.6 Å². The monoisotopic (exact) mass is 578 g/mol. The van der Waals surface area contributed by atoms with Crippen LogP contribution >= 0.6 is 80.9 Å². The first-order chi connectivity index (χ1) is 15.6. The summed E-state index contributed by atoms with van der Waals surface area (Å²) in [6.07, 6.45) is 0. The molecule has 1 aromatic heterocycles. The number of imide groups is 1. The van der Waals surface area contributed by atoms with Gasteiger partial charge in [-0.2, -0.15) is 0 Å². The Hall–Kier alpha value is -1.51. The SMILES string of the molecule is O=C1c2c(Cl)c(Cl)c(Cl)c(Cl)c2C(=O)N1[C@H]1C(=O)N(c2cc(Cl)cc(Cl)c2)[C@H]1c1cccs1. The van der Waals surface area contributed by atoms with Gasteiger partial charge in [0.1, 0.15) is 12.1 Å².